The average molecular weight is 331 g/mol. The quantitative estimate of drug-likeness (QED) is 0.818. The Kier molecular flexibility index (Phi) is 6.29. The molecule has 0 fully saturated rings. The van der Waals surface area contributed by atoms with Crippen LogP contribution in [0.25, 0.3) is 0 Å². The van der Waals surface area contributed by atoms with E-state index in [0.717, 1.165) is 12.1 Å². The van der Waals surface area contributed by atoms with E-state index in [2.05, 4.69) is 15.6 Å². The number of carbonyl (C=O) groups is 2. The van der Waals surface area contributed by atoms with Crippen molar-refractivity contribution in [1.29, 1.82) is 0 Å². The minimum Gasteiger partial charge on any atom is -0.354 e. The molecule has 0 aliphatic carbocycles. The van der Waals surface area contributed by atoms with Gasteiger partial charge in [0.05, 0.1) is 5.69 Å². The lowest BCUT2D eigenvalue weighted by Gasteiger charge is -2.10. The molecule has 2 N–H and O–H groups in total. The Morgan fingerprint density at radius 3 is 2.70 bits per heavy atom. The van der Waals surface area contributed by atoms with Crippen molar-refractivity contribution in [3.05, 3.63) is 47.0 Å². The topological polar surface area (TPSA) is 71.1 Å². The SMILES string of the molecule is CCC(C)NC(=O)CCc1csc(NC(=O)c2ccccc2)n1. The van der Waals surface area contributed by atoms with Gasteiger partial charge in [0.15, 0.2) is 5.13 Å². The summed E-state index contributed by atoms with van der Waals surface area (Å²) < 4.78 is 0. The normalized spacial score (nSPS) is 11.7. The van der Waals surface area contributed by atoms with Crippen molar-refractivity contribution in [3.63, 3.8) is 0 Å². The van der Waals surface area contributed by atoms with Gasteiger partial charge in [-0.15, -0.1) is 11.3 Å². The number of aryl methyl sites for hydroxylation is 1. The first-order chi connectivity index (χ1) is 11.1. The van der Waals surface area contributed by atoms with Gasteiger partial charge in [-0.1, -0.05) is 25.1 Å². The Morgan fingerprint density at radius 1 is 1.26 bits per heavy atom. The fraction of sp³-hybridized carbons (Fsp3) is 0.353. The summed E-state index contributed by atoms with van der Waals surface area (Å²) in [6, 6.07) is 9.20. The zero-order chi connectivity index (χ0) is 16.7. The summed E-state index contributed by atoms with van der Waals surface area (Å²) in [5.74, 6) is -0.150. The molecule has 1 heterocycles. The van der Waals surface area contributed by atoms with Crippen LogP contribution >= 0.6 is 11.3 Å². The predicted octanol–water partition coefficient (Wildman–Crippen LogP) is 3.24. The summed E-state index contributed by atoms with van der Waals surface area (Å²) in [6.07, 6.45) is 1.89. The van der Waals surface area contributed by atoms with E-state index in [0.29, 0.717) is 23.5 Å². The first-order valence-electron chi connectivity index (χ1n) is 7.68. The molecule has 1 atom stereocenters. The highest BCUT2D eigenvalue weighted by atomic mass is 32.1. The number of aromatic nitrogens is 1. The lowest BCUT2D eigenvalue weighted by atomic mass is 10.2. The molecule has 0 aliphatic heterocycles. The molecule has 2 rings (SSSR count). The Balaban J connectivity index is 1.84. The highest BCUT2D eigenvalue weighted by Gasteiger charge is 2.10. The number of rotatable bonds is 7. The number of hydrogen-bond donors (Lipinski definition) is 2. The van der Waals surface area contributed by atoms with Gasteiger partial charge in [0.2, 0.25) is 5.91 Å². The highest BCUT2D eigenvalue weighted by molar-refractivity contribution is 7.14. The molecule has 23 heavy (non-hydrogen) atoms. The molecule has 0 saturated carbocycles. The van der Waals surface area contributed by atoms with Gasteiger partial charge in [-0.05, 0) is 31.9 Å². The number of hydrogen-bond acceptors (Lipinski definition) is 4. The summed E-state index contributed by atoms with van der Waals surface area (Å²) in [5.41, 5.74) is 1.41. The lowest BCUT2D eigenvalue weighted by molar-refractivity contribution is -0.121. The molecule has 2 aromatic rings. The third kappa shape index (κ3) is 5.49. The first-order valence-corrected chi connectivity index (χ1v) is 8.56. The molecule has 5 nitrogen and oxygen atoms in total. The van der Waals surface area contributed by atoms with Crippen LogP contribution in [-0.2, 0) is 11.2 Å². The standard InChI is InChI=1S/C17H21N3O2S/c1-3-12(2)18-15(21)10-9-14-11-23-17(19-14)20-16(22)13-7-5-4-6-8-13/h4-8,11-12H,3,9-10H2,1-2H3,(H,18,21)(H,19,20,22). The van der Waals surface area contributed by atoms with Crippen LogP contribution in [0.3, 0.4) is 0 Å². The number of anilines is 1. The third-order valence-electron chi connectivity index (χ3n) is 3.44. The third-order valence-corrected chi connectivity index (χ3v) is 4.24. The molecule has 6 heteroatoms. The average Bonchev–Trinajstić information content (AvgIpc) is 3.01. The minimum atomic E-state index is -0.180. The van der Waals surface area contributed by atoms with Gasteiger partial charge in [0.1, 0.15) is 0 Å². The van der Waals surface area contributed by atoms with Gasteiger partial charge in [-0.3, -0.25) is 14.9 Å². The molecule has 2 amide bonds. The van der Waals surface area contributed by atoms with Gasteiger partial charge in [0.25, 0.3) is 5.91 Å². The smallest absolute Gasteiger partial charge is 0.257 e. The molecule has 0 radical (unpaired) electrons. The maximum absolute atomic E-state index is 12.0. The van der Waals surface area contributed by atoms with Crippen molar-refractivity contribution in [3.8, 4) is 0 Å². The molecule has 0 aliphatic rings. The van der Waals surface area contributed by atoms with Crippen LogP contribution in [0.1, 0.15) is 42.7 Å². The fourth-order valence-corrected chi connectivity index (χ4v) is 2.67. The van der Waals surface area contributed by atoms with E-state index in [1.165, 1.54) is 11.3 Å². The summed E-state index contributed by atoms with van der Waals surface area (Å²) in [4.78, 5) is 28.1. The molecule has 1 aromatic heterocycles. The van der Waals surface area contributed by atoms with Crippen LogP contribution in [0.2, 0.25) is 0 Å². The zero-order valence-corrected chi connectivity index (χ0v) is 14.2. The van der Waals surface area contributed by atoms with Crippen molar-refractivity contribution in [2.24, 2.45) is 0 Å². The maximum Gasteiger partial charge on any atom is 0.257 e. The second kappa shape index (κ2) is 8.43. The van der Waals surface area contributed by atoms with Crippen LogP contribution in [0, 0.1) is 0 Å². The maximum atomic E-state index is 12.0. The van der Waals surface area contributed by atoms with E-state index in [4.69, 9.17) is 0 Å². The second-order valence-electron chi connectivity index (χ2n) is 5.34. The van der Waals surface area contributed by atoms with Gasteiger partial charge in [-0.25, -0.2) is 4.98 Å². The van der Waals surface area contributed by atoms with Crippen LogP contribution in [0.5, 0.6) is 0 Å². The first kappa shape index (κ1) is 17.1. The van der Waals surface area contributed by atoms with Gasteiger partial charge >= 0.3 is 0 Å². The number of benzene rings is 1. The van der Waals surface area contributed by atoms with Crippen molar-refractivity contribution in [1.82, 2.24) is 10.3 Å². The van der Waals surface area contributed by atoms with E-state index in [1.54, 1.807) is 12.1 Å². The summed E-state index contributed by atoms with van der Waals surface area (Å²) in [7, 11) is 0. The second-order valence-corrected chi connectivity index (χ2v) is 6.20. The van der Waals surface area contributed by atoms with Crippen LogP contribution < -0.4 is 10.6 Å². The van der Waals surface area contributed by atoms with Crippen molar-refractivity contribution in [2.75, 3.05) is 5.32 Å². The van der Waals surface area contributed by atoms with Gasteiger partial charge in [0, 0.05) is 23.4 Å². The Labute approximate surface area is 140 Å². The predicted molar refractivity (Wildman–Crippen MR) is 92.7 cm³/mol. The number of amides is 2. The van der Waals surface area contributed by atoms with Crippen LogP contribution in [0.15, 0.2) is 35.7 Å². The molecule has 1 unspecified atom stereocenters. The Bertz CT molecular complexity index is 655. The zero-order valence-electron chi connectivity index (χ0n) is 13.3. The van der Waals surface area contributed by atoms with E-state index >= 15 is 0 Å². The van der Waals surface area contributed by atoms with Crippen LogP contribution in [-0.4, -0.2) is 22.8 Å². The van der Waals surface area contributed by atoms with Crippen molar-refractivity contribution < 1.29 is 9.59 Å². The minimum absolute atomic E-state index is 0.0298. The van der Waals surface area contributed by atoms with Crippen molar-refractivity contribution in [2.45, 2.75) is 39.2 Å². The van der Waals surface area contributed by atoms with E-state index in [9.17, 15) is 9.59 Å². The van der Waals surface area contributed by atoms with Gasteiger partial charge in [-0.2, -0.15) is 0 Å². The number of thiazole rings is 1. The molecule has 122 valence electrons. The number of nitrogens with one attached hydrogen (secondary N) is 2. The van der Waals surface area contributed by atoms with E-state index in [-0.39, 0.29) is 17.9 Å². The van der Waals surface area contributed by atoms with Gasteiger partial charge < -0.3 is 5.32 Å². The monoisotopic (exact) mass is 331 g/mol. The molecule has 1 aromatic carbocycles. The Hall–Kier alpha value is -2.21. The highest BCUT2D eigenvalue weighted by Crippen LogP contribution is 2.17. The van der Waals surface area contributed by atoms with Crippen molar-refractivity contribution >= 4 is 28.3 Å². The molecule has 0 saturated heterocycles. The lowest BCUT2D eigenvalue weighted by Crippen LogP contribution is -2.32. The van der Waals surface area contributed by atoms with Crippen LogP contribution in [0.4, 0.5) is 5.13 Å². The van der Waals surface area contributed by atoms with E-state index in [1.807, 2.05) is 37.4 Å². The molecule has 0 bridgehead atoms. The Morgan fingerprint density at radius 2 is 2.00 bits per heavy atom. The molecular formula is C17H21N3O2S. The largest absolute Gasteiger partial charge is 0.354 e. The van der Waals surface area contributed by atoms with E-state index < -0.39 is 0 Å². The molecule has 0 spiro atoms. The fourth-order valence-electron chi connectivity index (χ4n) is 1.93. The summed E-state index contributed by atoms with van der Waals surface area (Å²) in [5, 5.41) is 8.13. The summed E-state index contributed by atoms with van der Waals surface area (Å²) >= 11 is 1.37. The molecular weight excluding hydrogens is 310 g/mol. The number of nitrogens with zero attached hydrogens (tertiary/aromatic N) is 1. The summed E-state index contributed by atoms with van der Waals surface area (Å²) in [6.45, 7) is 4.02. The number of carbonyl (C=O) groups excluding carboxylic acids is 2.